The summed E-state index contributed by atoms with van der Waals surface area (Å²) in [5.74, 6) is -0.656. The number of rotatable bonds is 3. The molecule has 1 aromatic heterocycles. The molecule has 0 spiro atoms. The van der Waals surface area contributed by atoms with Crippen LogP contribution in [0.1, 0.15) is 31.3 Å². The van der Waals surface area contributed by atoms with Crippen molar-refractivity contribution in [2.24, 2.45) is 0 Å². The maximum atomic E-state index is 12.5. The number of benzene rings is 1. The highest BCUT2D eigenvalue weighted by Gasteiger charge is 2.25. The van der Waals surface area contributed by atoms with Gasteiger partial charge >= 0.3 is 12.1 Å². The number of carbonyl (C=O) groups is 3. The number of methoxy groups -OCH3 is 1. The molecule has 7 nitrogen and oxygen atoms in total. The lowest BCUT2D eigenvalue weighted by molar-refractivity contribution is -0.105. The SMILES string of the molecule is COC(=O)c1cc2ccc(NC=O)cc2n1C(=O)OC(C)(C)C. The maximum absolute atomic E-state index is 12.5. The first-order valence-corrected chi connectivity index (χ1v) is 6.94. The lowest BCUT2D eigenvalue weighted by atomic mass is 10.2. The van der Waals surface area contributed by atoms with Gasteiger partial charge in [-0.05, 0) is 39.0 Å². The Kier molecular flexibility index (Phi) is 4.40. The van der Waals surface area contributed by atoms with Gasteiger partial charge in [-0.2, -0.15) is 0 Å². The molecule has 0 radical (unpaired) electrons. The van der Waals surface area contributed by atoms with Gasteiger partial charge in [-0.3, -0.25) is 4.79 Å². The second kappa shape index (κ2) is 6.12. The number of fused-ring (bicyclic) bond motifs is 1. The Labute approximate surface area is 133 Å². The molecule has 1 amide bonds. The highest BCUT2D eigenvalue weighted by Crippen LogP contribution is 2.25. The van der Waals surface area contributed by atoms with Gasteiger partial charge in [0.05, 0.1) is 12.6 Å². The molecule has 0 fully saturated rings. The van der Waals surface area contributed by atoms with Crippen LogP contribution in [0, 0.1) is 0 Å². The van der Waals surface area contributed by atoms with Gasteiger partial charge in [0.2, 0.25) is 6.41 Å². The van der Waals surface area contributed by atoms with Crippen LogP contribution in [0.3, 0.4) is 0 Å². The van der Waals surface area contributed by atoms with Crippen LogP contribution in [0.4, 0.5) is 10.5 Å². The standard InChI is InChI=1S/C16H18N2O5/c1-16(2,3)23-15(21)18-12-8-11(17-9-19)6-5-10(12)7-13(18)14(20)22-4/h5-9H,1-4H3,(H,17,19). The Morgan fingerprint density at radius 3 is 2.48 bits per heavy atom. The molecule has 1 N–H and O–H groups in total. The molecule has 2 rings (SSSR count). The maximum Gasteiger partial charge on any atom is 0.419 e. The summed E-state index contributed by atoms with van der Waals surface area (Å²) >= 11 is 0. The molecular weight excluding hydrogens is 300 g/mol. The molecule has 0 atom stereocenters. The lowest BCUT2D eigenvalue weighted by Gasteiger charge is -2.20. The van der Waals surface area contributed by atoms with E-state index in [0.717, 1.165) is 4.57 Å². The highest BCUT2D eigenvalue weighted by molar-refractivity contribution is 6.02. The van der Waals surface area contributed by atoms with Crippen molar-refractivity contribution in [1.82, 2.24) is 4.57 Å². The molecule has 0 aliphatic heterocycles. The van der Waals surface area contributed by atoms with Gasteiger partial charge in [-0.25, -0.2) is 14.2 Å². The number of hydrogen-bond donors (Lipinski definition) is 1. The molecule has 0 saturated carbocycles. The molecule has 1 heterocycles. The second-order valence-corrected chi connectivity index (χ2v) is 5.87. The van der Waals surface area contributed by atoms with Crippen molar-refractivity contribution in [1.29, 1.82) is 0 Å². The minimum absolute atomic E-state index is 0.0556. The molecule has 23 heavy (non-hydrogen) atoms. The number of esters is 1. The largest absolute Gasteiger partial charge is 0.464 e. The summed E-state index contributed by atoms with van der Waals surface area (Å²) in [5.41, 5.74) is 0.262. The summed E-state index contributed by atoms with van der Waals surface area (Å²) < 4.78 is 11.2. The molecule has 2 aromatic rings. The highest BCUT2D eigenvalue weighted by atomic mass is 16.6. The first-order chi connectivity index (χ1) is 10.8. The van der Waals surface area contributed by atoms with E-state index in [0.29, 0.717) is 23.0 Å². The van der Waals surface area contributed by atoms with E-state index >= 15 is 0 Å². The van der Waals surface area contributed by atoms with Crippen molar-refractivity contribution in [3.05, 3.63) is 30.0 Å². The van der Waals surface area contributed by atoms with E-state index < -0.39 is 17.7 Å². The van der Waals surface area contributed by atoms with E-state index in [-0.39, 0.29) is 5.69 Å². The van der Waals surface area contributed by atoms with Gasteiger partial charge in [0.15, 0.2) is 0 Å². The van der Waals surface area contributed by atoms with Crippen LogP contribution in [0.15, 0.2) is 24.3 Å². The van der Waals surface area contributed by atoms with E-state index in [1.165, 1.54) is 13.2 Å². The fourth-order valence-corrected chi connectivity index (χ4v) is 2.12. The Balaban J connectivity index is 2.64. The molecule has 7 heteroatoms. The average molecular weight is 318 g/mol. The molecular formula is C16H18N2O5. The van der Waals surface area contributed by atoms with E-state index in [1.54, 1.807) is 39.0 Å². The molecule has 0 unspecified atom stereocenters. The smallest absolute Gasteiger partial charge is 0.419 e. The zero-order chi connectivity index (χ0) is 17.2. The van der Waals surface area contributed by atoms with Crippen molar-refractivity contribution in [3.63, 3.8) is 0 Å². The Bertz CT molecular complexity index is 771. The molecule has 0 bridgehead atoms. The minimum atomic E-state index is -0.722. The third-order valence-corrected chi connectivity index (χ3v) is 3.00. The predicted octanol–water partition coefficient (Wildman–Crippen LogP) is 2.78. The van der Waals surface area contributed by atoms with Crippen LogP contribution in [0.25, 0.3) is 10.9 Å². The summed E-state index contributed by atoms with van der Waals surface area (Å²) in [6.07, 6.45) is -0.167. The van der Waals surface area contributed by atoms with Crippen molar-refractivity contribution in [2.75, 3.05) is 12.4 Å². The third-order valence-electron chi connectivity index (χ3n) is 3.00. The van der Waals surface area contributed by atoms with Gasteiger partial charge in [0.1, 0.15) is 11.3 Å². The Morgan fingerprint density at radius 1 is 1.22 bits per heavy atom. The van der Waals surface area contributed by atoms with E-state index in [2.05, 4.69) is 5.32 Å². The van der Waals surface area contributed by atoms with Crippen LogP contribution in [0.5, 0.6) is 0 Å². The molecule has 0 aliphatic carbocycles. The summed E-state index contributed by atoms with van der Waals surface area (Å²) in [4.78, 5) is 35.0. The van der Waals surface area contributed by atoms with Crippen LogP contribution >= 0.6 is 0 Å². The number of aromatic nitrogens is 1. The third kappa shape index (κ3) is 3.50. The summed E-state index contributed by atoms with van der Waals surface area (Å²) in [6, 6.07) is 6.47. The van der Waals surface area contributed by atoms with Crippen LogP contribution < -0.4 is 5.32 Å². The van der Waals surface area contributed by atoms with Crippen molar-refractivity contribution in [2.45, 2.75) is 26.4 Å². The van der Waals surface area contributed by atoms with Crippen LogP contribution in [-0.2, 0) is 14.3 Å². The first-order valence-electron chi connectivity index (χ1n) is 6.94. The second-order valence-electron chi connectivity index (χ2n) is 5.87. The van der Waals surface area contributed by atoms with Gasteiger partial charge in [0.25, 0.3) is 0 Å². The van der Waals surface area contributed by atoms with Gasteiger partial charge in [-0.15, -0.1) is 0 Å². The Morgan fingerprint density at radius 2 is 1.91 bits per heavy atom. The van der Waals surface area contributed by atoms with Crippen LogP contribution in [-0.4, -0.2) is 35.8 Å². The van der Waals surface area contributed by atoms with Gasteiger partial charge in [0, 0.05) is 11.1 Å². The number of anilines is 1. The van der Waals surface area contributed by atoms with E-state index in [1.807, 2.05) is 0 Å². The lowest BCUT2D eigenvalue weighted by Crippen LogP contribution is -2.29. The molecule has 1 aromatic carbocycles. The summed E-state index contributed by atoms with van der Waals surface area (Å²) in [6.45, 7) is 5.19. The molecule has 0 aliphatic rings. The summed E-state index contributed by atoms with van der Waals surface area (Å²) in [7, 11) is 1.23. The molecule has 0 saturated heterocycles. The molecule has 122 valence electrons. The number of nitrogens with zero attached hydrogens (tertiary/aromatic N) is 1. The number of carbonyl (C=O) groups excluding carboxylic acids is 3. The van der Waals surface area contributed by atoms with Crippen LogP contribution in [0.2, 0.25) is 0 Å². The Hall–Kier alpha value is -2.83. The zero-order valence-electron chi connectivity index (χ0n) is 13.4. The fraction of sp³-hybridized carbons (Fsp3) is 0.312. The normalized spacial score (nSPS) is 11.1. The summed E-state index contributed by atoms with van der Waals surface area (Å²) in [5, 5.41) is 3.15. The number of nitrogens with one attached hydrogen (secondary N) is 1. The predicted molar refractivity (Wildman–Crippen MR) is 84.6 cm³/mol. The van der Waals surface area contributed by atoms with Gasteiger partial charge < -0.3 is 14.8 Å². The zero-order valence-corrected chi connectivity index (χ0v) is 13.4. The van der Waals surface area contributed by atoms with Crippen molar-refractivity contribution < 1.29 is 23.9 Å². The fourth-order valence-electron chi connectivity index (χ4n) is 2.12. The number of amides is 1. The topological polar surface area (TPSA) is 86.6 Å². The number of hydrogen-bond acceptors (Lipinski definition) is 5. The first kappa shape index (κ1) is 16.5. The monoisotopic (exact) mass is 318 g/mol. The van der Waals surface area contributed by atoms with Crippen molar-refractivity contribution in [3.8, 4) is 0 Å². The van der Waals surface area contributed by atoms with Gasteiger partial charge in [-0.1, -0.05) is 6.07 Å². The minimum Gasteiger partial charge on any atom is -0.464 e. The van der Waals surface area contributed by atoms with E-state index in [9.17, 15) is 14.4 Å². The van der Waals surface area contributed by atoms with Crippen molar-refractivity contribution >= 4 is 35.1 Å². The average Bonchev–Trinajstić information content (AvgIpc) is 2.83. The number of ether oxygens (including phenoxy) is 2. The quantitative estimate of drug-likeness (QED) is 0.694. The van der Waals surface area contributed by atoms with E-state index in [4.69, 9.17) is 9.47 Å².